The summed E-state index contributed by atoms with van der Waals surface area (Å²) in [6.45, 7) is 0. The van der Waals surface area contributed by atoms with Gasteiger partial charge in [0.2, 0.25) is 0 Å². The second-order valence-corrected chi connectivity index (χ2v) is 4.88. The third-order valence-electron chi connectivity index (χ3n) is 2.68. The van der Waals surface area contributed by atoms with Crippen LogP contribution in [0.15, 0.2) is 41.1 Å². The third-order valence-corrected chi connectivity index (χ3v) is 3.18. The van der Waals surface area contributed by atoms with E-state index < -0.39 is 0 Å². The molecule has 0 aliphatic heterocycles. The summed E-state index contributed by atoms with van der Waals surface area (Å²) in [7, 11) is 1.59. The summed E-state index contributed by atoms with van der Waals surface area (Å²) in [6, 6.07) is 6.32. The van der Waals surface area contributed by atoms with Gasteiger partial charge in [-0.25, -0.2) is 0 Å². The maximum atomic E-state index is 12.3. The van der Waals surface area contributed by atoms with Crippen molar-refractivity contribution in [3.63, 3.8) is 0 Å². The predicted octanol–water partition coefficient (Wildman–Crippen LogP) is 2.41. The van der Waals surface area contributed by atoms with Gasteiger partial charge in [-0.15, -0.1) is 0 Å². The van der Waals surface area contributed by atoms with Crippen LogP contribution in [0.25, 0.3) is 0 Å². The van der Waals surface area contributed by atoms with Gasteiger partial charge in [0.1, 0.15) is 5.75 Å². The van der Waals surface area contributed by atoms with Crippen molar-refractivity contribution in [2.24, 2.45) is 0 Å². The molecule has 2 aromatic rings. The van der Waals surface area contributed by atoms with Crippen LogP contribution in [0.2, 0.25) is 0 Å². The van der Waals surface area contributed by atoms with Crippen LogP contribution in [0.4, 0.5) is 11.4 Å². The van der Waals surface area contributed by atoms with Crippen LogP contribution < -0.4 is 10.6 Å². The maximum Gasteiger partial charge on any atom is 0.261 e. The summed E-state index contributed by atoms with van der Waals surface area (Å²) < 4.78 is 0.713. The molecule has 0 bridgehead atoms. The number of phenolic OH excluding ortho intramolecular Hbond substituents is 1. The first kappa shape index (κ1) is 13.4. The number of aromatic hydroxyl groups is 1. The Morgan fingerprint density at radius 3 is 2.84 bits per heavy atom. The van der Waals surface area contributed by atoms with Crippen LogP contribution in [0.1, 0.15) is 10.4 Å². The zero-order chi connectivity index (χ0) is 14.0. The van der Waals surface area contributed by atoms with Gasteiger partial charge in [0.05, 0.1) is 23.1 Å². The van der Waals surface area contributed by atoms with Crippen LogP contribution in [-0.2, 0) is 0 Å². The molecule has 0 aliphatic rings. The number of phenols is 1. The number of rotatable bonds is 2. The second-order valence-electron chi connectivity index (χ2n) is 3.96. The van der Waals surface area contributed by atoms with E-state index >= 15 is 0 Å². The average Bonchev–Trinajstić information content (AvgIpc) is 2.40. The third kappa shape index (κ3) is 2.68. The highest BCUT2D eigenvalue weighted by molar-refractivity contribution is 9.10. The number of hydrogen-bond acceptors (Lipinski definition) is 4. The molecular formula is C13H12BrN3O2. The largest absolute Gasteiger partial charge is 0.507 e. The molecular weight excluding hydrogens is 310 g/mol. The van der Waals surface area contributed by atoms with Gasteiger partial charge in [0.15, 0.2) is 0 Å². The number of amides is 1. The van der Waals surface area contributed by atoms with Gasteiger partial charge in [-0.05, 0) is 24.3 Å². The zero-order valence-electron chi connectivity index (χ0n) is 10.2. The van der Waals surface area contributed by atoms with E-state index in [1.54, 1.807) is 31.4 Å². The first-order valence-electron chi connectivity index (χ1n) is 5.46. The molecule has 98 valence electrons. The van der Waals surface area contributed by atoms with Gasteiger partial charge < -0.3 is 15.7 Å². The molecule has 1 aromatic carbocycles. The molecule has 0 aliphatic carbocycles. The Labute approximate surface area is 118 Å². The molecule has 2 rings (SSSR count). The Balaban J connectivity index is 2.39. The Kier molecular flexibility index (Phi) is 3.71. The molecule has 0 atom stereocenters. The standard InChI is InChI=1S/C13H12BrN3O2/c1-17(11-4-5-16-7-10(11)15)13(19)9-6-8(14)2-3-12(9)18/h2-7,18H,15H2,1H3. The van der Waals surface area contributed by atoms with Crippen molar-refractivity contribution < 1.29 is 9.90 Å². The number of halogens is 1. The molecule has 0 saturated heterocycles. The van der Waals surface area contributed by atoms with Gasteiger partial charge >= 0.3 is 0 Å². The van der Waals surface area contributed by atoms with Crippen LogP contribution in [0.3, 0.4) is 0 Å². The molecule has 19 heavy (non-hydrogen) atoms. The van der Waals surface area contributed by atoms with Crippen LogP contribution in [0, 0.1) is 0 Å². The second kappa shape index (κ2) is 5.27. The Hall–Kier alpha value is -2.08. The quantitative estimate of drug-likeness (QED) is 0.890. The van der Waals surface area contributed by atoms with Crippen molar-refractivity contribution in [3.05, 3.63) is 46.7 Å². The average molecular weight is 322 g/mol. The molecule has 0 unspecified atom stereocenters. The SMILES string of the molecule is CN(C(=O)c1cc(Br)ccc1O)c1ccncc1N. The highest BCUT2D eigenvalue weighted by Gasteiger charge is 2.18. The van der Waals surface area contributed by atoms with Crippen molar-refractivity contribution in [1.29, 1.82) is 0 Å². The van der Waals surface area contributed by atoms with Crippen LogP contribution in [-0.4, -0.2) is 23.0 Å². The fraction of sp³-hybridized carbons (Fsp3) is 0.0769. The Morgan fingerprint density at radius 1 is 1.42 bits per heavy atom. The molecule has 5 nitrogen and oxygen atoms in total. The number of pyridine rings is 1. The molecule has 0 radical (unpaired) electrons. The van der Waals surface area contributed by atoms with Gasteiger partial charge in [-0.2, -0.15) is 0 Å². The lowest BCUT2D eigenvalue weighted by atomic mass is 10.1. The smallest absolute Gasteiger partial charge is 0.261 e. The molecule has 6 heteroatoms. The van der Waals surface area contributed by atoms with Crippen molar-refractivity contribution in [2.75, 3.05) is 17.7 Å². The Morgan fingerprint density at radius 2 is 2.16 bits per heavy atom. The van der Waals surface area contributed by atoms with Crippen molar-refractivity contribution in [3.8, 4) is 5.75 Å². The predicted molar refractivity (Wildman–Crippen MR) is 77.2 cm³/mol. The van der Waals surface area contributed by atoms with Crippen molar-refractivity contribution in [2.45, 2.75) is 0 Å². The fourth-order valence-electron chi connectivity index (χ4n) is 1.67. The number of nitrogen functional groups attached to an aromatic ring is 1. The minimum absolute atomic E-state index is 0.0762. The first-order chi connectivity index (χ1) is 9.00. The number of nitrogens with two attached hydrogens (primary N) is 1. The van der Waals surface area contributed by atoms with E-state index in [-0.39, 0.29) is 17.2 Å². The number of carbonyl (C=O) groups is 1. The van der Waals surface area contributed by atoms with E-state index in [1.165, 1.54) is 17.2 Å². The zero-order valence-corrected chi connectivity index (χ0v) is 11.8. The minimum atomic E-state index is -0.350. The van der Waals surface area contributed by atoms with E-state index in [1.807, 2.05) is 0 Å². The molecule has 0 fully saturated rings. The monoisotopic (exact) mass is 321 g/mol. The van der Waals surface area contributed by atoms with Gasteiger partial charge in [0.25, 0.3) is 5.91 Å². The normalized spacial score (nSPS) is 10.2. The molecule has 1 amide bonds. The highest BCUT2D eigenvalue weighted by Crippen LogP contribution is 2.27. The maximum absolute atomic E-state index is 12.3. The van der Waals surface area contributed by atoms with E-state index in [2.05, 4.69) is 20.9 Å². The Bertz CT molecular complexity index is 631. The fourth-order valence-corrected chi connectivity index (χ4v) is 2.04. The van der Waals surface area contributed by atoms with E-state index in [0.29, 0.717) is 15.8 Å². The summed E-state index contributed by atoms with van der Waals surface area (Å²) in [4.78, 5) is 17.6. The van der Waals surface area contributed by atoms with Crippen molar-refractivity contribution in [1.82, 2.24) is 4.98 Å². The molecule has 3 N–H and O–H groups in total. The summed E-state index contributed by atoms with van der Waals surface area (Å²) in [5.74, 6) is -0.427. The van der Waals surface area contributed by atoms with Gasteiger partial charge in [-0.1, -0.05) is 15.9 Å². The number of carbonyl (C=O) groups excluding carboxylic acids is 1. The number of aromatic nitrogens is 1. The summed E-state index contributed by atoms with van der Waals surface area (Å²) in [5, 5.41) is 9.76. The lowest BCUT2D eigenvalue weighted by molar-refractivity contribution is 0.0990. The number of nitrogens with zero attached hydrogens (tertiary/aromatic N) is 2. The van der Waals surface area contributed by atoms with Gasteiger partial charge in [0, 0.05) is 17.7 Å². The lowest BCUT2D eigenvalue weighted by Crippen LogP contribution is -2.27. The molecule has 1 aromatic heterocycles. The topological polar surface area (TPSA) is 79.5 Å². The molecule has 0 spiro atoms. The molecule has 0 saturated carbocycles. The molecule has 1 heterocycles. The van der Waals surface area contributed by atoms with Crippen LogP contribution >= 0.6 is 15.9 Å². The number of hydrogen-bond donors (Lipinski definition) is 2. The first-order valence-corrected chi connectivity index (χ1v) is 6.26. The van der Waals surface area contributed by atoms with E-state index in [0.717, 1.165) is 0 Å². The number of benzene rings is 1. The number of anilines is 2. The van der Waals surface area contributed by atoms with Crippen molar-refractivity contribution >= 4 is 33.2 Å². The van der Waals surface area contributed by atoms with Crippen LogP contribution in [0.5, 0.6) is 5.75 Å². The summed E-state index contributed by atoms with van der Waals surface area (Å²) in [5.41, 5.74) is 6.92. The summed E-state index contributed by atoms with van der Waals surface area (Å²) in [6.07, 6.45) is 3.02. The highest BCUT2D eigenvalue weighted by atomic mass is 79.9. The minimum Gasteiger partial charge on any atom is -0.507 e. The summed E-state index contributed by atoms with van der Waals surface area (Å²) >= 11 is 3.27. The van der Waals surface area contributed by atoms with E-state index in [9.17, 15) is 9.90 Å². The van der Waals surface area contributed by atoms with Gasteiger partial charge in [-0.3, -0.25) is 9.78 Å². The lowest BCUT2D eigenvalue weighted by Gasteiger charge is -2.19. The van der Waals surface area contributed by atoms with E-state index in [4.69, 9.17) is 5.73 Å².